The molecule has 7 nitrogen and oxygen atoms in total. The van der Waals surface area contributed by atoms with Gasteiger partial charge in [-0.25, -0.2) is 4.68 Å². The van der Waals surface area contributed by atoms with E-state index in [1.54, 1.807) is 28.6 Å². The highest BCUT2D eigenvalue weighted by Gasteiger charge is 2.28. The van der Waals surface area contributed by atoms with Gasteiger partial charge in [0, 0.05) is 50.3 Å². The third-order valence-corrected chi connectivity index (χ3v) is 4.65. The SMILES string of the molecule is Cn1c(CN2CC(Cn3nc(C(C)(C)C)ccc3=O)C2)cncc1=O. The minimum Gasteiger partial charge on any atom is -0.312 e. The van der Waals surface area contributed by atoms with Crippen molar-refractivity contribution in [3.63, 3.8) is 0 Å². The molecule has 1 saturated heterocycles. The molecule has 0 saturated carbocycles. The normalized spacial score (nSPS) is 16.0. The largest absolute Gasteiger partial charge is 0.312 e. The number of hydrogen-bond acceptors (Lipinski definition) is 5. The van der Waals surface area contributed by atoms with Gasteiger partial charge in [-0.05, 0) is 6.07 Å². The fourth-order valence-corrected chi connectivity index (χ4v) is 3.02. The van der Waals surface area contributed by atoms with E-state index in [0.29, 0.717) is 19.0 Å². The van der Waals surface area contributed by atoms with E-state index in [4.69, 9.17) is 0 Å². The molecule has 25 heavy (non-hydrogen) atoms. The summed E-state index contributed by atoms with van der Waals surface area (Å²) in [5, 5.41) is 4.53. The van der Waals surface area contributed by atoms with E-state index in [1.165, 1.54) is 6.20 Å². The number of rotatable bonds is 4. The average molecular weight is 343 g/mol. The molecule has 3 rings (SSSR count). The highest BCUT2D eigenvalue weighted by Crippen LogP contribution is 2.21. The second kappa shape index (κ2) is 6.55. The van der Waals surface area contributed by atoms with Gasteiger partial charge in [-0.15, -0.1) is 0 Å². The van der Waals surface area contributed by atoms with Crippen LogP contribution in [0, 0.1) is 5.92 Å². The molecular formula is C18H25N5O2. The third-order valence-electron chi connectivity index (χ3n) is 4.65. The van der Waals surface area contributed by atoms with E-state index in [-0.39, 0.29) is 16.5 Å². The van der Waals surface area contributed by atoms with Crippen LogP contribution in [0.1, 0.15) is 32.2 Å². The summed E-state index contributed by atoms with van der Waals surface area (Å²) in [6, 6.07) is 3.42. The molecule has 1 aliphatic heterocycles. The van der Waals surface area contributed by atoms with Crippen molar-refractivity contribution < 1.29 is 0 Å². The first-order chi connectivity index (χ1) is 11.7. The van der Waals surface area contributed by atoms with Crippen LogP contribution in [0.4, 0.5) is 0 Å². The summed E-state index contributed by atoms with van der Waals surface area (Å²) in [7, 11) is 1.76. The standard InChI is InChI=1S/C18H25N5O2/c1-18(2,3)15-5-6-16(24)23(20-15)11-13-9-22(10-13)12-14-7-19-8-17(25)21(14)4/h5-8,13H,9-12H2,1-4H3. The van der Waals surface area contributed by atoms with Gasteiger partial charge in [-0.2, -0.15) is 5.10 Å². The maximum absolute atomic E-state index is 12.1. The highest BCUT2D eigenvalue weighted by molar-refractivity contribution is 5.10. The molecule has 3 heterocycles. The Morgan fingerprint density at radius 2 is 1.84 bits per heavy atom. The van der Waals surface area contributed by atoms with E-state index >= 15 is 0 Å². The van der Waals surface area contributed by atoms with Crippen LogP contribution in [-0.4, -0.2) is 37.3 Å². The molecule has 0 aliphatic carbocycles. The molecule has 1 fully saturated rings. The molecule has 0 bridgehead atoms. The molecule has 7 heteroatoms. The molecule has 2 aromatic heterocycles. The zero-order valence-corrected chi connectivity index (χ0v) is 15.3. The van der Waals surface area contributed by atoms with Crippen molar-refractivity contribution >= 4 is 0 Å². The van der Waals surface area contributed by atoms with Crippen molar-refractivity contribution in [2.45, 2.75) is 39.3 Å². The van der Waals surface area contributed by atoms with Gasteiger partial charge >= 0.3 is 0 Å². The topological polar surface area (TPSA) is 73.0 Å². The monoisotopic (exact) mass is 343 g/mol. The van der Waals surface area contributed by atoms with E-state index in [0.717, 1.165) is 24.5 Å². The van der Waals surface area contributed by atoms with Crippen LogP contribution in [-0.2, 0) is 25.6 Å². The fraction of sp³-hybridized carbons (Fsp3) is 0.556. The second-order valence-electron chi connectivity index (χ2n) is 7.84. The summed E-state index contributed by atoms with van der Waals surface area (Å²) in [5.41, 5.74) is 1.60. The lowest BCUT2D eigenvalue weighted by molar-refractivity contribution is 0.0738. The summed E-state index contributed by atoms with van der Waals surface area (Å²) >= 11 is 0. The first-order valence-corrected chi connectivity index (χ1v) is 8.55. The van der Waals surface area contributed by atoms with E-state index in [9.17, 15) is 9.59 Å². The quantitative estimate of drug-likeness (QED) is 0.820. The zero-order chi connectivity index (χ0) is 18.2. The predicted octanol–water partition coefficient (Wildman–Crippen LogP) is 0.766. The summed E-state index contributed by atoms with van der Waals surface area (Å²) < 4.78 is 3.21. The lowest BCUT2D eigenvalue weighted by Gasteiger charge is -2.39. The lowest BCUT2D eigenvalue weighted by atomic mass is 9.92. The van der Waals surface area contributed by atoms with Gasteiger partial charge in [0.15, 0.2) is 0 Å². The Kier molecular flexibility index (Phi) is 4.60. The van der Waals surface area contributed by atoms with E-state index < -0.39 is 0 Å². The Hall–Kier alpha value is -2.28. The summed E-state index contributed by atoms with van der Waals surface area (Å²) in [6.07, 6.45) is 3.05. The van der Waals surface area contributed by atoms with Gasteiger partial charge in [-0.3, -0.25) is 19.5 Å². The van der Waals surface area contributed by atoms with Crippen molar-refractivity contribution in [2.24, 2.45) is 13.0 Å². The van der Waals surface area contributed by atoms with Crippen LogP contribution in [0.15, 0.2) is 34.1 Å². The first-order valence-electron chi connectivity index (χ1n) is 8.55. The summed E-state index contributed by atoms with van der Waals surface area (Å²) in [4.78, 5) is 29.9. The lowest BCUT2D eigenvalue weighted by Crippen LogP contribution is -2.49. The van der Waals surface area contributed by atoms with Crippen molar-refractivity contribution in [3.8, 4) is 0 Å². The third kappa shape index (κ3) is 3.87. The number of likely N-dealkylation sites (tertiary alicyclic amines) is 1. The van der Waals surface area contributed by atoms with Crippen LogP contribution in [0.3, 0.4) is 0 Å². The van der Waals surface area contributed by atoms with E-state index in [1.807, 2.05) is 6.07 Å². The minimum absolute atomic E-state index is 0.0545. The molecule has 0 aromatic carbocycles. The minimum atomic E-state index is -0.0932. The van der Waals surface area contributed by atoms with Gasteiger partial charge in [0.25, 0.3) is 11.1 Å². The number of aromatic nitrogens is 4. The number of hydrogen-bond donors (Lipinski definition) is 0. The molecule has 134 valence electrons. The molecule has 2 aromatic rings. The van der Waals surface area contributed by atoms with Gasteiger partial charge < -0.3 is 4.57 Å². The van der Waals surface area contributed by atoms with E-state index in [2.05, 4.69) is 35.8 Å². The molecule has 0 N–H and O–H groups in total. The Bertz CT molecular complexity index is 872. The molecule has 0 atom stereocenters. The van der Waals surface area contributed by atoms with Crippen LogP contribution >= 0.6 is 0 Å². The summed E-state index contributed by atoms with van der Waals surface area (Å²) in [6.45, 7) is 9.37. The predicted molar refractivity (Wildman–Crippen MR) is 95.4 cm³/mol. The van der Waals surface area contributed by atoms with Crippen LogP contribution in [0.5, 0.6) is 0 Å². The second-order valence-corrected chi connectivity index (χ2v) is 7.84. The molecule has 0 unspecified atom stereocenters. The van der Waals surface area contributed by atoms with Crippen molar-refractivity contribution in [2.75, 3.05) is 13.1 Å². The van der Waals surface area contributed by atoms with Gasteiger partial charge in [0.05, 0.1) is 24.1 Å². The number of nitrogens with zero attached hydrogens (tertiary/aromatic N) is 5. The first kappa shape index (κ1) is 17.5. The fourth-order valence-electron chi connectivity index (χ4n) is 3.02. The maximum Gasteiger partial charge on any atom is 0.268 e. The maximum atomic E-state index is 12.1. The van der Waals surface area contributed by atoms with Crippen LogP contribution < -0.4 is 11.1 Å². The Labute approximate surface area is 146 Å². The molecular weight excluding hydrogens is 318 g/mol. The molecule has 1 aliphatic rings. The Morgan fingerprint density at radius 3 is 2.52 bits per heavy atom. The Balaban J connectivity index is 1.62. The van der Waals surface area contributed by atoms with Crippen LogP contribution in [0.2, 0.25) is 0 Å². The molecule has 0 radical (unpaired) electrons. The average Bonchev–Trinajstić information content (AvgIpc) is 2.50. The van der Waals surface area contributed by atoms with Crippen molar-refractivity contribution in [3.05, 3.63) is 56.6 Å². The zero-order valence-electron chi connectivity index (χ0n) is 15.3. The highest BCUT2D eigenvalue weighted by atomic mass is 16.1. The van der Waals surface area contributed by atoms with Gasteiger partial charge in [-0.1, -0.05) is 20.8 Å². The summed E-state index contributed by atoms with van der Waals surface area (Å²) in [5.74, 6) is 0.397. The Morgan fingerprint density at radius 1 is 1.12 bits per heavy atom. The smallest absolute Gasteiger partial charge is 0.268 e. The molecule has 0 spiro atoms. The van der Waals surface area contributed by atoms with Gasteiger partial charge in [0.1, 0.15) is 0 Å². The van der Waals surface area contributed by atoms with Crippen molar-refractivity contribution in [1.29, 1.82) is 0 Å². The van der Waals surface area contributed by atoms with Crippen LogP contribution in [0.25, 0.3) is 0 Å². The van der Waals surface area contributed by atoms with Gasteiger partial charge in [0.2, 0.25) is 0 Å². The van der Waals surface area contributed by atoms with Crippen molar-refractivity contribution in [1.82, 2.24) is 24.2 Å². The molecule has 0 amide bonds.